The third-order valence-electron chi connectivity index (χ3n) is 7.95. The lowest BCUT2D eigenvalue weighted by atomic mass is 9.98. The second-order valence-electron chi connectivity index (χ2n) is 10.8. The normalized spacial score (nSPS) is 13.2. The summed E-state index contributed by atoms with van der Waals surface area (Å²) in [6, 6.07) is 27.2. The molecule has 0 spiro atoms. The van der Waals surface area contributed by atoms with Crippen LogP contribution >= 0.6 is 8.16 Å². The fraction of sp³-hybridized carbons (Fsp3) is 0.355. The summed E-state index contributed by atoms with van der Waals surface area (Å²) in [4.78, 5) is 0. The second-order valence-corrected chi connectivity index (χ2v) is 17.1. The van der Waals surface area contributed by atoms with Gasteiger partial charge in [-0.1, -0.05) is 93.1 Å². The SMILES string of the molecule is CC[Si](C)(CC)c1cc2ccccc2c2c1op(N(C(C)C)C(C)C)oc1ccc3ccccc3c12. The van der Waals surface area contributed by atoms with Crippen LogP contribution in [-0.2, 0) is 0 Å². The van der Waals surface area contributed by atoms with Crippen molar-refractivity contribution in [1.29, 1.82) is 0 Å². The highest BCUT2D eigenvalue weighted by molar-refractivity contribution is 7.39. The average Bonchev–Trinajstić information content (AvgIpc) is 3.04. The third-order valence-corrected chi connectivity index (χ3v) is 14.7. The van der Waals surface area contributed by atoms with Gasteiger partial charge in [0.05, 0.1) is 8.07 Å². The molecule has 36 heavy (non-hydrogen) atoms. The lowest BCUT2D eigenvalue weighted by molar-refractivity contribution is 0.571. The van der Waals surface area contributed by atoms with Gasteiger partial charge < -0.3 is 8.39 Å². The first-order chi connectivity index (χ1) is 17.3. The summed E-state index contributed by atoms with van der Waals surface area (Å²) in [5, 5.41) is 8.75. The van der Waals surface area contributed by atoms with Gasteiger partial charge in [0, 0.05) is 22.9 Å². The summed E-state index contributed by atoms with van der Waals surface area (Å²) in [5.74, 6) is 0. The van der Waals surface area contributed by atoms with E-state index in [0.717, 1.165) is 11.2 Å². The lowest BCUT2D eigenvalue weighted by Crippen LogP contribution is -2.43. The summed E-state index contributed by atoms with van der Waals surface area (Å²) in [6.45, 7) is 16.2. The number of rotatable bonds is 6. The molecule has 1 heterocycles. The van der Waals surface area contributed by atoms with E-state index in [-0.39, 0.29) is 0 Å². The number of fused-ring (bicyclic) bond motifs is 7. The van der Waals surface area contributed by atoms with E-state index in [1.54, 1.807) is 0 Å². The Morgan fingerprint density at radius 3 is 1.94 bits per heavy atom. The van der Waals surface area contributed by atoms with Crippen molar-refractivity contribution in [3.63, 3.8) is 0 Å². The number of hydrogen-bond donors (Lipinski definition) is 0. The molecule has 3 nitrogen and oxygen atoms in total. The van der Waals surface area contributed by atoms with Crippen molar-refractivity contribution in [3.8, 4) is 0 Å². The van der Waals surface area contributed by atoms with Gasteiger partial charge in [0.2, 0.25) is 0 Å². The van der Waals surface area contributed by atoms with Crippen LogP contribution in [0, 0.1) is 0 Å². The van der Waals surface area contributed by atoms with Crippen LogP contribution in [0.1, 0.15) is 41.5 Å². The molecule has 1 aromatic heterocycles. The Morgan fingerprint density at radius 1 is 0.750 bits per heavy atom. The first-order valence-corrected chi connectivity index (χ1v) is 17.4. The Labute approximate surface area is 216 Å². The third kappa shape index (κ3) is 4.10. The highest BCUT2D eigenvalue weighted by Crippen LogP contribution is 2.43. The molecule has 0 aliphatic rings. The zero-order valence-corrected chi connectivity index (χ0v) is 24.5. The highest BCUT2D eigenvalue weighted by atomic mass is 31.1. The van der Waals surface area contributed by atoms with E-state index >= 15 is 0 Å². The predicted molar refractivity (Wildman–Crippen MR) is 162 cm³/mol. The highest BCUT2D eigenvalue weighted by Gasteiger charge is 2.31. The molecule has 0 amide bonds. The topological polar surface area (TPSA) is 29.5 Å². The zero-order valence-electron chi connectivity index (χ0n) is 22.6. The minimum atomic E-state index is -1.79. The fourth-order valence-electron chi connectivity index (χ4n) is 5.58. The van der Waals surface area contributed by atoms with E-state index in [2.05, 4.69) is 119 Å². The predicted octanol–water partition coefficient (Wildman–Crippen LogP) is 9.68. The van der Waals surface area contributed by atoms with Crippen molar-refractivity contribution in [2.24, 2.45) is 0 Å². The van der Waals surface area contributed by atoms with Gasteiger partial charge in [0.15, 0.2) is 0 Å². The maximum absolute atomic E-state index is 7.17. The van der Waals surface area contributed by atoms with E-state index in [4.69, 9.17) is 8.39 Å². The van der Waals surface area contributed by atoms with Gasteiger partial charge in [-0.05, 0) is 60.5 Å². The maximum Gasteiger partial charge on any atom is 0.310 e. The van der Waals surface area contributed by atoms with Crippen molar-refractivity contribution < 1.29 is 8.39 Å². The van der Waals surface area contributed by atoms with Crippen LogP contribution in [0.15, 0.2) is 75.1 Å². The molecule has 0 N–H and O–H groups in total. The summed E-state index contributed by atoms with van der Waals surface area (Å²) in [6.07, 6.45) is 0. The summed E-state index contributed by atoms with van der Waals surface area (Å²) in [7, 11) is -3.13. The fourth-order valence-corrected chi connectivity index (χ4v) is 9.81. The summed E-state index contributed by atoms with van der Waals surface area (Å²) < 4.78 is 16.5. The van der Waals surface area contributed by atoms with Gasteiger partial charge in [0.25, 0.3) is 0 Å². The molecule has 4 aromatic carbocycles. The smallest absolute Gasteiger partial charge is 0.310 e. The molecular weight excluding hydrogens is 477 g/mol. The molecule has 0 bridgehead atoms. The molecule has 188 valence electrons. The van der Waals surface area contributed by atoms with Crippen LogP contribution in [0.5, 0.6) is 0 Å². The molecular formula is C31H38NO2PSi. The quantitative estimate of drug-likeness (QED) is 0.211. The van der Waals surface area contributed by atoms with Gasteiger partial charge in [-0.3, -0.25) is 0 Å². The Kier molecular flexibility index (Phi) is 6.80. The lowest BCUT2D eigenvalue weighted by Gasteiger charge is -2.28. The molecule has 0 fully saturated rings. The van der Waals surface area contributed by atoms with Crippen LogP contribution < -0.4 is 9.86 Å². The molecule has 0 saturated heterocycles. The van der Waals surface area contributed by atoms with E-state index in [0.29, 0.717) is 12.1 Å². The van der Waals surface area contributed by atoms with Crippen molar-refractivity contribution in [3.05, 3.63) is 66.7 Å². The number of benzene rings is 4. The monoisotopic (exact) mass is 515 g/mol. The second kappa shape index (κ2) is 9.74. The Bertz CT molecular complexity index is 1590. The van der Waals surface area contributed by atoms with Crippen LogP contribution in [0.2, 0.25) is 18.6 Å². The van der Waals surface area contributed by atoms with Crippen LogP contribution in [-0.4, -0.2) is 20.2 Å². The summed E-state index contributed by atoms with van der Waals surface area (Å²) in [5.41, 5.74) is 1.97. The molecule has 5 heteroatoms. The molecule has 5 rings (SSSR count). The van der Waals surface area contributed by atoms with Gasteiger partial charge in [-0.2, -0.15) is 4.67 Å². The molecule has 0 saturated carbocycles. The molecule has 0 radical (unpaired) electrons. The first kappa shape index (κ1) is 25.1. The molecule has 5 aromatic rings. The Balaban J connectivity index is 2.15. The zero-order chi connectivity index (χ0) is 25.6. The van der Waals surface area contributed by atoms with Gasteiger partial charge in [0.1, 0.15) is 11.2 Å². The maximum atomic E-state index is 7.17. The number of nitrogens with zero attached hydrogens (tertiary/aromatic N) is 1. The minimum Gasteiger partial charge on any atom is -0.408 e. The van der Waals surface area contributed by atoms with Crippen LogP contribution in [0.3, 0.4) is 0 Å². The van der Waals surface area contributed by atoms with Gasteiger partial charge >= 0.3 is 8.16 Å². The first-order valence-electron chi connectivity index (χ1n) is 13.3. The van der Waals surface area contributed by atoms with Gasteiger partial charge in [-0.15, -0.1) is 0 Å². The Morgan fingerprint density at radius 2 is 1.33 bits per heavy atom. The van der Waals surface area contributed by atoms with E-state index in [1.807, 2.05) is 0 Å². The minimum absolute atomic E-state index is 0.298. The summed E-state index contributed by atoms with van der Waals surface area (Å²) >= 11 is 0. The standard InChI is InChI=1S/C31H38NO2PSi/c1-8-36(7,9-2)28-20-24-15-11-13-17-26(24)30-29-25-16-12-10-14-23(25)18-19-27(29)33-35(34-31(28)30)32(21(3)4)22(5)6/h10-22H,8-9H2,1-7H3. The largest absolute Gasteiger partial charge is 0.408 e. The molecule has 1 atom stereocenters. The van der Waals surface area contributed by atoms with Crippen molar-refractivity contribution >= 4 is 64.9 Å². The number of hydrogen-bond acceptors (Lipinski definition) is 3. The van der Waals surface area contributed by atoms with Crippen molar-refractivity contribution in [2.45, 2.75) is 72.3 Å². The van der Waals surface area contributed by atoms with Crippen LogP contribution in [0.25, 0.3) is 43.5 Å². The van der Waals surface area contributed by atoms with Crippen LogP contribution in [0.4, 0.5) is 0 Å². The van der Waals surface area contributed by atoms with E-state index in [1.165, 1.54) is 49.6 Å². The average molecular weight is 516 g/mol. The molecule has 1 unspecified atom stereocenters. The Hall–Kier alpha value is -2.52. The van der Waals surface area contributed by atoms with Gasteiger partial charge in [-0.25, -0.2) is 0 Å². The van der Waals surface area contributed by atoms with E-state index < -0.39 is 16.2 Å². The van der Waals surface area contributed by atoms with Crippen molar-refractivity contribution in [1.82, 2.24) is 0 Å². The van der Waals surface area contributed by atoms with E-state index in [9.17, 15) is 0 Å². The molecule has 0 aliphatic carbocycles. The van der Waals surface area contributed by atoms with Crippen molar-refractivity contribution in [2.75, 3.05) is 4.67 Å². The molecule has 0 aliphatic heterocycles.